The summed E-state index contributed by atoms with van der Waals surface area (Å²) in [5, 5.41) is 0. The molecule has 1 aliphatic heterocycles. The Hall–Kier alpha value is -1.10. The van der Waals surface area contributed by atoms with E-state index in [1.807, 2.05) is 13.8 Å². The van der Waals surface area contributed by atoms with Crippen LogP contribution in [0, 0.1) is 5.92 Å². The lowest BCUT2D eigenvalue weighted by atomic mass is 10.0. The molecule has 1 aliphatic rings. The predicted molar refractivity (Wildman–Crippen MR) is 70.9 cm³/mol. The number of amides is 2. The number of hydrogen-bond acceptors (Lipinski definition) is 3. The van der Waals surface area contributed by atoms with E-state index >= 15 is 0 Å². The van der Waals surface area contributed by atoms with Gasteiger partial charge in [-0.3, -0.25) is 9.59 Å². The number of hydrogen-bond donors (Lipinski definition) is 1. The highest BCUT2D eigenvalue weighted by Crippen LogP contribution is 2.20. The van der Waals surface area contributed by atoms with Crippen LogP contribution in [-0.2, 0) is 9.59 Å². The third-order valence-electron chi connectivity index (χ3n) is 3.57. The van der Waals surface area contributed by atoms with E-state index in [-0.39, 0.29) is 29.8 Å². The second kappa shape index (κ2) is 6.18. The Kier molecular flexibility index (Phi) is 5.14. The first kappa shape index (κ1) is 15.0. The minimum absolute atomic E-state index is 0.00824. The molecule has 1 fully saturated rings. The minimum Gasteiger partial charge on any atom is -0.347 e. The molecular weight excluding hydrogens is 230 g/mol. The van der Waals surface area contributed by atoms with Crippen molar-refractivity contribution in [1.29, 1.82) is 0 Å². The molecule has 18 heavy (non-hydrogen) atoms. The molecule has 104 valence electrons. The predicted octanol–water partition coefficient (Wildman–Crippen LogP) is 0.439. The number of likely N-dealkylation sites (N-methyl/N-ethyl adjacent to an activating group) is 1. The molecule has 2 atom stereocenters. The zero-order valence-corrected chi connectivity index (χ0v) is 11.8. The van der Waals surface area contributed by atoms with Crippen molar-refractivity contribution in [3.8, 4) is 0 Å². The van der Waals surface area contributed by atoms with Crippen LogP contribution in [0.1, 0.15) is 33.1 Å². The standard InChI is InChI=1S/C13H25N3O2/c1-9(2)10(14)8-12(17)16-7-5-6-11(16)13(18)15(3)4/h9-11H,5-8,14H2,1-4H3. The van der Waals surface area contributed by atoms with Crippen LogP contribution in [0.4, 0.5) is 0 Å². The zero-order chi connectivity index (χ0) is 13.9. The van der Waals surface area contributed by atoms with Gasteiger partial charge >= 0.3 is 0 Å². The monoisotopic (exact) mass is 255 g/mol. The summed E-state index contributed by atoms with van der Waals surface area (Å²) >= 11 is 0. The van der Waals surface area contributed by atoms with Gasteiger partial charge in [0.1, 0.15) is 6.04 Å². The third kappa shape index (κ3) is 3.45. The maximum Gasteiger partial charge on any atom is 0.244 e. The average Bonchev–Trinajstić information content (AvgIpc) is 2.76. The molecule has 5 nitrogen and oxygen atoms in total. The number of likely N-dealkylation sites (tertiary alicyclic amines) is 1. The van der Waals surface area contributed by atoms with E-state index in [2.05, 4.69) is 0 Å². The van der Waals surface area contributed by atoms with Gasteiger partial charge in [0.15, 0.2) is 0 Å². The molecule has 0 radical (unpaired) electrons. The van der Waals surface area contributed by atoms with Crippen molar-refractivity contribution in [2.24, 2.45) is 11.7 Å². The summed E-state index contributed by atoms with van der Waals surface area (Å²) in [4.78, 5) is 27.4. The highest BCUT2D eigenvalue weighted by molar-refractivity contribution is 5.88. The number of carbonyl (C=O) groups is 2. The highest BCUT2D eigenvalue weighted by atomic mass is 16.2. The topological polar surface area (TPSA) is 66.6 Å². The van der Waals surface area contributed by atoms with Crippen molar-refractivity contribution in [3.63, 3.8) is 0 Å². The van der Waals surface area contributed by atoms with Gasteiger partial charge < -0.3 is 15.5 Å². The molecule has 0 bridgehead atoms. The van der Waals surface area contributed by atoms with Crippen LogP contribution in [0.25, 0.3) is 0 Å². The van der Waals surface area contributed by atoms with Gasteiger partial charge in [-0.2, -0.15) is 0 Å². The average molecular weight is 255 g/mol. The first-order valence-electron chi connectivity index (χ1n) is 6.60. The third-order valence-corrected chi connectivity index (χ3v) is 3.57. The summed E-state index contributed by atoms with van der Waals surface area (Å²) in [6.07, 6.45) is 1.99. The van der Waals surface area contributed by atoms with Gasteiger partial charge in [-0.25, -0.2) is 0 Å². The van der Waals surface area contributed by atoms with Crippen molar-refractivity contribution < 1.29 is 9.59 Å². The van der Waals surface area contributed by atoms with Crippen molar-refractivity contribution >= 4 is 11.8 Å². The smallest absolute Gasteiger partial charge is 0.244 e. The molecular formula is C13H25N3O2. The number of carbonyl (C=O) groups excluding carboxylic acids is 2. The van der Waals surface area contributed by atoms with Gasteiger partial charge in [-0.1, -0.05) is 13.8 Å². The SMILES string of the molecule is CC(C)C(N)CC(=O)N1CCCC1C(=O)N(C)C. The highest BCUT2D eigenvalue weighted by Gasteiger charge is 2.35. The molecule has 0 spiro atoms. The maximum absolute atomic E-state index is 12.2. The van der Waals surface area contributed by atoms with Crippen LogP contribution < -0.4 is 5.73 Å². The Bertz CT molecular complexity index is 315. The van der Waals surface area contributed by atoms with Gasteiger partial charge in [0.05, 0.1) is 0 Å². The van der Waals surface area contributed by atoms with E-state index in [9.17, 15) is 9.59 Å². The van der Waals surface area contributed by atoms with Crippen molar-refractivity contribution in [3.05, 3.63) is 0 Å². The number of rotatable bonds is 4. The largest absolute Gasteiger partial charge is 0.347 e. The van der Waals surface area contributed by atoms with E-state index in [1.165, 1.54) is 0 Å². The summed E-state index contributed by atoms with van der Waals surface area (Å²) in [7, 11) is 3.45. The second-order valence-electron chi connectivity index (χ2n) is 5.59. The Morgan fingerprint density at radius 2 is 2.00 bits per heavy atom. The molecule has 1 rings (SSSR count). The summed E-state index contributed by atoms with van der Waals surface area (Å²) < 4.78 is 0. The van der Waals surface area contributed by atoms with Crippen LogP contribution in [0.3, 0.4) is 0 Å². The lowest BCUT2D eigenvalue weighted by Crippen LogP contribution is -2.47. The van der Waals surface area contributed by atoms with Crippen LogP contribution in [0.2, 0.25) is 0 Å². The lowest BCUT2D eigenvalue weighted by Gasteiger charge is -2.27. The molecule has 0 saturated carbocycles. The first-order chi connectivity index (χ1) is 8.34. The normalized spacial score (nSPS) is 21.2. The number of nitrogens with zero attached hydrogens (tertiary/aromatic N) is 2. The Labute approximate surface area is 109 Å². The van der Waals surface area contributed by atoms with Crippen molar-refractivity contribution in [1.82, 2.24) is 9.80 Å². The fraction of sp³-hybridized carbons (Fsp3) is 0.846. The lowest BCUT2D eigenvalue weighted by molar-refractivity contribution is -0.142. The summed E-state index contributed by atoms with van der Waals surface area (Å²) in [5.41, 5.74) is 5.92. The van der Waals surface area contributed by atoms with E-state index in [4.69, 9.17) is 5.73 Å². The van der Waals surface area contributed by atoms with Gasteiger partial charge in [-0.05, 0) is 18.8 Å². The van der Waals surface area contributed by atoms with E-state index < -0.39 is 0 Å². The molecule has 2 amide bonds. The van der Waals surface area contributed by atoms with Gasteiger partial charge in [0.2, 0.25) is 11.8 Å². The van der Waals surface area contributed by atoms with Gasteiger partial charge in [0.25, 0.3) is 0 Å². The van der Waals surface area contributed by atoms with E-state index in [0.717, 1.165) is 12.8 Å². The quantitative estimate of drug-likeness (QED) is 0.792. The van der Waals surface area contributed by atoms with Gasteiger partial charge in [-0.15, -0.1) is 0 Å². The number of nitrogens with two attached hydrogens (primary N) is 1. The molecule has 0 aromatic heterocycles. The zero-order valence-electron chi connectivity index (χ0n) is 11.8. The van der Waals surface area contributed by atoms with Crippen LogP contribution >= 0.6 is 0 Å². The van der Waals surface area contributed by atoms with Crippen LogP contribution in [-0.4, -0.2) is 54.3 Å². The molecule has 1 heterocycles. The fourth-order valence-corrected chi connectivity index (χ4v) is 2.17. The second-order valence-corrected chi connectivity index (χ2v) is 5.59. The molecule has 0 aromatic rings. The van der Waals surface area contributed by atoms with E-state index in [1.54, 1.807) is 23.9 Å². The van der Waals surface area contributed by atoms with Crippen molar-refractivity contribution in [2.45, 2.75) is 45.2 Å². The Morgan fingerprint density at radius 3 is 2.50 bits per heavy atom. The Balaban J connectivity index is 2.64. The minimum atomic E-state index is -0.285. The van der Waals surface area contributed by atoms with Crippen LogP contribution in [0.15, 0.2) is 0 Å². The summed E-state index contributed by atoms with van der Waals surface area (Å²) in [6, 6.07) is -0.417. The molecule has 1 saturated heterocycles. The molecule has 5 heteroatoms. The molecule has 0 aliphatic carbocycles. The van der Waals surface area contributed by atoms with E-state index in [0.29, 0.717) is 13.0 Å². The first-order valence-corrected chi connectivity index (χ1v) is 6.60. The van der Waals surface area contributed by atoms with Gasteiger partial charge in [0, 0.05) is 33.1 Å². The van der Waals surface area contributed by atoms with Crippen LogP contribution in [0.5, 0.6) is 0 Å². The fourth-order valence-electron chi connectivity index (χ4n) is 2.17. The molecule has 0 aromatic carbocycles. The molecule has 2 N–H and O–H groups in total. The van der Waals surface area contributed by atoms with Crippen molar-refractivity contribution in [2.75, 3.05) is 20.6 Å². The molecule has 2 unspecified atom stereocenters. The summed E-state index contributed by atoms with van der Waals surface area (Å²) in [6.45, 7) is 4.68. The maximum atomic E-state index is 12.2. The Morgan fingerprint density at radius 1 is 1.39 bits per heavy atom. The summed E-state index contributed by atoms with van der Waals surface area (Å²) in [5.74, 6) is 0.299.